The maximum atomic E-state index is 6.23. The van der Waals surface area contributed by atoms with Crippen molar-refractivity contribution in [2.24, 2.45) is 0 Å². The lowest BCUT2D eigenvalue weighted by Crippen LogP contribution is -2.04. The fourth-order valence-corrected chi connectivity index (χ4v) is 3.74. The van der Waals surface area contributed by atoms with Crippen LogP contribution in [0.1, 0.15) is 30.4 Å². The molecule has 4 rings (SSSR count). The first-order valence-corrected chi connectivity index (χ1v) is 10.4. The summed E-state index contributed by atoms with van der Waals surface area (Å²) in [5.41, 5.74) is 15.4. The Bertz CT molecular complexity index is 1080. The molecule has 0 unspecified atom stereocenters. The van der Waals surface area contributed by atoms with E-state index >= 15 is 0 Å². The van der Waals surface area contributed by atoms with Gasteiger partial charge in [0.2, 0.25) is 0 Å². The van der Waals surface area contributed by atoms with Crippen molar-refractivity contribution in [1.82, 2.24) is 0 Å². The molecule has 4 heteroatoms. The highest BCUT2D eigenvalue weighted by molar-refractivity contribution is 5.52. The highest BCUT2D eigenvalue weighted by atomic mass is 16.5. The zero-order chi connectivity index (χ0) is 21.6. The Morgan fingerprint density at radius 3 is 1.48 bits per heavy atom. The number of benzene rings is 4. The molecule has 0 aliphatic rings. The molecule has 31 heavy (non-hydrogen) atoms. The molecule has 0 aliphatic carbocycles. The zero-order valence-corrected chi connectivity index (χ0v) is 17.5. The van der Waals surface area contributed by atoms with Crippen molar-refractivity contribution in [1.29, 1.82) is 0 Å². The van der Waals surface area contributed by atoms with Crippen molar-refractivity contribution in [3.63, 3.8) is 0 Å². The van der Waals surface area contributed by atoms with Crippen molar-refractivity contribution < 1.29 is 9.47 Å². The molecule has 156 valence electrons. The molecule has 0 saturated heterocycles. The third-order valence-electron chi connectivity index (χ3n) is 5.17. The first kappa shape index (κ1) is 20.4. The number of ether oxygens (including phenoxy) is 2. The number of anilines is 2. The Hall–Kier alpha value is -3.92. The molecule has 0 bridgehead atoms. The number of rotatable bonds is 7. The van der Waals surface area contributed by atoms with Crippen LogP contribution in [-0.2, 0) is 0 Å². The van der Waals surface area contributed by atoms with Crippen molar-refractivity contribution in [3.8, 4) is 23.0 Å². The Morgan fingerprint density at radius 1 is 0.613 bits per heavy atom. The Kier molecular flexibility index (Phi) is 6.08. The zero-order valence-electron chi connectivity index (χ0n) is 17.5. The number of para-hydroxylation sites is 2. The van der Waals surface area contributed by atoms with Gasteiger partial charge in [0.25, 0.3) is 0 Å². The minimum Gasteiger partial charge on any atom is -0.457 e. The van der Waals surface area contributed by atoms with E-state index in [1.54, 1.807) is 0 Å². The molecule has 0 fully saturated rings. The summed E-state index contributed by atoms with van der Waals surface area (Å²) >= 11 is 0. The molecule has 0 saturated carbocycles. The lowest BCUT2D eigenvalue weighted by molar-refractivity contribution is 0.462. The van der Waals surface area contributed by atoms with E-state index in [2.05, 4.69) is 19.1 Å². The van der Waals surface area contributed by atoms with Crippen LogP contribution in [0.25, 0.3) is 0 Å². The van der Waals surface area contributed by atoms with E-state index in [0.29, 0.717) is 22.9 Å². The highest BCUT2D eigenvalue weighted by Crippen LogP contribution is 2.41. The van der Waals surface area contributed by atoms with Crippen molar-refractivity contribution >= 4 is 11.4 Å². The normalized spacial score (nSPS) is 10.8. The number of hydrogen-bond acceptors (Lipinski definition) is 4. The van der Waals surface area contributed by atoms with Crippen LogP contribution < -0.4 is 20.9 Å². The molecule has 0 aliphatic heterocycles. The molecular weight excluding hydrogens is 384 g/mol. The van der Waals surface area contributed by atoms with Gasteiger partial charge in [-0.3, -0.25) is 0 Å². The van der Waals surface area contributed by atoms with E-state index in [4.69, 9.17) is 20.9 Å². The van der Waals surface area contributed by atoms with Crippen LogP contribution in [0.4, 0.5) is 11.4 Å². The molecule has 0 radical (unpaired) electrons. The van der Waals surface area contributed by atoms with Crippen LogP contribution in [0, 0.1) is 0 Å². The predicted octanol–water partition coefficient (Wildman–Crippen LogP) is 6.98. The predicted molar refractivity (Wildman–Crippen MR) is 127 cm³/mol. The topological polar surface area (TPSA) is 70.5 Å². The maximum absolute atomic E-state index is 6.23. The summed E-state index contributed by atoms with van der Waals surface area (Å²) in [5.74, 6) is 3.13. The van der Waals surface area contributed by atoms with Crippen LogP contribution in [0.2, 0.25) is 0 Å². The summed E-state index contributed by atoms with van der Waals surface area (Å²) in [6.45, 7) is 2.17. The largest absolute Gasteiger partial charge is 0.457 e. The van der Waals surface area contributed by atoms with Crippen molar-refractivity contribution in [2.75, 3.05) is 11.5 Å². The van der Waals surface area contributed by atoms with Crippen LogP contribution in [0.15, 0.2) is 97.1 Å². The van der Waals surface area contributed by atoms with Gasteiger partial charge in [-0.05, 0) is 42.8 Å². The molecular formula is C27H26N2O2. The summed E-state index contributed by atoms with van der Waals surface area (Å²) < 4.78 is 12.5. The highest BCUT2D eigenvalue weighted by Gasteiger charge is 2.21. The summed E-state index contributed by atoms with van der Waals surface area (Å²) in [7, 11) is 0. The fraction of sp³-hybridized carbons (Fsp3) is 0.111. The third kappa shape index (κ3) is 4.81. The molecule has 4 N–H and O–H groups in total. The molecule has 0 amide bonds. The van der Waals surface area contributed by atoms with Gasteiger partial charge in [0.05, 0.1) is 0 Å². The van der Waals surface area contributed by atoms with Gasteiger partial charge in [0.1, 0.15) is 23.0 Å². The lowest BCUT2D eigenvalue weighted by Gasteiger charge is -2.22. The van der Waals surface area contributed by atoms with E-state index < -0.39 is 0 Å². The molecule has 4 aromatic rings. The van der Waals surface area contributed by atoms with E-state index in [9.17, 15) is 0 Å². The van der Waals surface area contributed by atoms with Crippen LogP contribution in [0.3, 0.4) is 0 Å². The maximum Gasteiger partial charge on any atom is 0.131 e. The number of nitrogens with two attached hydrogens (primary N) is 2. The minimum absolute atomic E-state index is 0.0921. The number of hydrogen-bond donors (Lipinski definition) is 2. The Labute approximate surface area is 183 Å². The first-order chi connectivity index (χ1) is 15.1. The van der Waals surface area contributed by atoms with Gasteiger partial charge in [-0.15, -0.1) is 0 Å². The summed E-state index contributed by atoms with van der Waals surface area (Å²) in [6.07, 6.45) is 0.884. The van der Waals surface area contributed by atoms with Gasteiger partial charge in [-0.2, -0.15) is 0 Å². The number of nitrogen functional groups attached to an aromatic ring is 2. The van der Waals surface area contributed by atoms with Gasteiger partial charge in [-0.1, -0.05) is 55.5 Å². The van der Waals surface area contributed by atoms with Gasteiger partial charge in [0, 0.05) is 40.6 Å². The van der Waals surface area contributed by atoms with Crippen LogP contribution in [-0.4, -0.2) is 0 Å². The lowest BCUT2D eigenvalue weighted by atomic mass is 9.88. The SMILES string of the molecule is CCC(c1ccccc1Oc1cccc(N)c1)c1ccccc1Oc1cccc(N)c1. The van der Waals surface area contributed by atoms with Crippen LogP contribution in [0.5, 0.6) is 23.0 Å². The Balaban J connectivity index is 1.70. The average molecular weight is 411 g/mol. The molecule has 0 spiro atoms. The monoisotopic (exact) mass is 410 g/mol. The first-order valence-electron chi connectivity index (χ1n) is 10.4. The van der Waals surface area contributed by atoms with Gasteiger partial charge >= 0.3 is 0 Å². The second-order valence-electron chi connectivity index (χ2n) is 7.39. The average Bonchev–Trinajstić information content (AvgIpc) is 2.77. The van der Waals surface area contributed by atoms with Gasteiger partial charge < -0.3 is 20.9 Å². The van der Waals surface area contributed by atoms with Gasteiger partial charge in [-0.25, -0.2) is 0 Å². The molecule has 0 atom stereocenters. The Morgan fingerprint density at radius 2 is 1.06 bits per heavy atom. The third-order valence-corrected chi connectivity index (χ3v) is 5.17. The standard InChI is InChI=1S/C27H26N2O2/c1-2-23(24-13-3-5-15-26(24)30-21-11-7-9-19(28)17-21)25-14-4-6-16-27(25)31-22-12-8-10-20(29)18-22/h3-18,23H,2,28-29H2,1H3. The van der Waals surface area contributed by atoms with Crippen molar-refractivity contribution in [2.45, 2.75) is 19.3 Å². The summed E-state index contributed by atoms with van der Waals surface area (Å²) in [6, 6.07) is 31.1. The molecule has 0 heterocycles. The summed E-state index contributed by atoms with van der Waals surface area (Å²) in [4.78, 5) is 0. The summed E-state index contributed by atoms with van der Waals surface area (Å²) in [5, 5.41) is 0. The minimum atomic E-state index is 0.0921. The second-order valence-corrected chi connectivity index (χ2v) is 7.39. The smallest absolute Gasteiger partial charge is 0.131 e. The second kappa shape index (κ2) is 9.26. The van der Waals surface area contributed by atoms with Crippen LogP contribution >= 0.6 is 0 Å². The van der Waals surface area contributed by atoms with E-state index in [1.165, 1.54) is 0 Å². The fourth-order valence-electron chi connectivity index (χ4n) is 3.74. The molecule has 4 nitrogen and oxygen atoms in total. The van der Waals surface area contributed by atoms with Gasteiger partial charge in [0.15, 0.2) is 0 Å². The quantitative estimate of drug-likeness (QED) is 0.323. The van der Waals surface area contributed by atoms with E-state index in [1.807, 2.05) is 84.9 Å². The van der Waals surface area contributed by atoms with E-state index in [0.717, 1.165) is 29.0 Å². The van der Waals surface area contributed by atoms with Crippen molar-refractivity contribution in [3.05, 3.63) is 108 Å². The molecule has 4 aromatic carbocycles. The van der Waals surface area contributed by atoms with E-state index in [-0.39, 0.29) is 5.92 Å². The molecule has 0 aromatic heterocycles.